The second kappa shape index (κ2) is 5.40. The summed E-state index contributed by atoms with van der Waals surface area (Å²) in [5.74, 6) is 0.353. The van der Waals surface area contributed by atoms with Crippen LogP contribution in [0.1, 0.15) is 38.2 Å². The monoisotopic (exact) mass is 309 g/mol. The molecule has 1 aromatic rings. The molecule has 0 aliphatic heterocycles. The molecule has 2 atom stereocenters. The third kappa shape index (κ3) is 3.11. The predicted molar refractivity (Wildman–Crippen MR) is 73.5 cm³/mol. The standard InChI is InChI=1S/C15H17BrFN/c1-11-3-2-4-15(8-11,10-18)9-12-5-13(16)7-14(17)6-12/h5-7,11H,2-4,8-9H2,1H3. The van der Waals surface area contributed by atoms with Crippen LogP contribution in [0.25, 0.3) is 0 Å². The maximum Gasteiger partial charge on any atom is 0.124 e. The van der Waals surface area contributed by atoms with Gasteiger partial charge in [-0.05, 0) is 48.9 Å². The molecule has 0 amide bonds. The summed E-state index contributed by atoms with van der Waals surface area (Å²) in [4.78, 5) is 0. The Bertz CT molecular complexity index is 460. The van der Waals surface area contributed by atoms with Crippen molar-refractivity contribution in [2.45, 2.75) is 39.0 Å². The van der Waals surface area contributed by atoms with Gasteiger partial charge in [-0.15, -0.1) is 0 Å². The van der Waals surface area contributed by atoms with Gasteiger partial charge in [0.15, 0.2) is 0 Å². The van der Waals surface area contributed by atoms with Crippen molar-refractivity contribution in [3.63, 3.8) is 0 Å². The molecule has 96 valence electrons. The van der Waals surface area contributed by atoms with Crippen LogP contribution in [0.3, 0.4) is 0 Å². The average Bonchev–Trinajstić information content (AvgIpc) is 2.27. The summed E-state index contributed by atoms with van der Waals surface area (Å²) < 4.78 is 14.1. The van der Waals surface area contributed by atoms with E-state index in [9.17, 15) is 9.65 Å². The Balaban J connectivity index is 2.22. The maximum absolute atomic E-state index is 13.4. The lowest BCUT2D eigenvalue weighted by molar-refractivity contribution is 0.209. The highest BCUT2D eigenvalue weighted by Crippen LogP contribution is 2.41. The fraction of sp³-hybridized carbons (Fsp3) is 0.533. The Morgan fingerprint density at radius 1 is 1.50 bits per heavy atom. The fourth-order valence-corrected chi connectivity index (χ4v) is 3.58. The van der Waals surface area contributed by atoms with E-state index in [2.05, 4.69) is 28.9 Å². The van der Waals surface area contributed by atoms with E-state index in [1.807, 2.05) is 6.07 Å². The molecule has 1 saturated carbocycles. The lowest BCUT2D eigenvalue weighted by Gasteiger charge is -2.34. The molecule has 2 rings (SSSR count). The smallest absolute Gasteiger partial charge is 0.124 e. The van der Waals surface area contributed by atoms with Crippen molar-refractivity contribution in [2.75, 3.05) is 0 Å². The first-order chi connectivity index (χ1) is 8.53. The molecule has 0 aromatic heterocycles. The molecule has 0 heterocycles. The van der Waals surface area contributed by atoms with Gasteiger partial charge in [-0.25, -0.2) is 4.39 Å². The summed E-state index contributed by atoms with van der Waals surface area (Å²) in [5.41, 5.74) is 0.614. The molecule has 2 unspecified atom stereocenters. The zero-order valence-electron chi connectivity index (χ0n) is 10.5. The van der Waals surface area contributed by atoms with E-state index in [1.54, 1.807) is 6.07 Å². The zero-order chi connectivity index (χ0) is 13.2. The number of hydrogen-bond acceptors (Lipinski definition) is 1. The van der Waals surface area contributed by atoms with Gasteiger partial charge >= 0.3 is 0 Å². The SMILES string of the molecule is CC1CCCC(C#N)(Cc2cc(F)cc(Br)c2)C1. The first kappa shape index (κ1) is 13.5. The topological polar surface area (TPSA) is 23.8 Å². The Labute approximate surface area is 116 Å². The number of hydrogen-bond donors (Lipinski definition) is 0. The van der Waals surface area contributed by atoms with Gasteiger partial charge in [-0.1, -0.05) is 35.7 Å². The predicted octanol–water partition coefficient (Wildman–Crippen LogP) is 4.85. The quantitative estimate of drug-likeness (QED) is 0.766. The van der Waals surface area contributed by atoms with Crippen LogP contribution in [0.2, 0.25) is 0 Å². The molecular weight excluding hydrogens is 293 g/mol. The maximum atomic E-state index is 13.4. The molecule has 18 heavy (non-hydrogen) atoms. The van der Waals surface area contributed by atoms with Gasteiger partial charge in [0.05, 0.1) is 11.5 Å². The fourth-order valence-electron chi connectivity index (χ4n) is 3.07. The minimum Gasteiger partial charge on any atom is -0.207 e. The van der Waals surface area contributed by atoms with Crippen molar-refractivity contribution in [1.29, 1.82) is 5.26 Å². The van der Waals surface area contributed by atoms with Crippen LogP contribution in [0.15, 0.2) is 22.7 Å². The Hall–Kier alpha value is -0.880. The molecule has 0 radical (unpaired) electrons. The molecule has 1 aliphatic rings. The number of nitriles is 1. The Kier molecular flexibility index (Phi) is 4.07. The highest BCUT2D eigenvalue weighted by molar-refractivity contribution is 9.10. The first-order valence-corrected chi connectivity index (χ1v) is 7.18. The summed E-state index contributed by atoms with van der Waals surface area (Å²) in [7, 11) is 0. The van der Waals surface area contributed by atoms with Crippen LogP contribution in [-0.2, 0) is 6.42 Å². The third-order valence-electron chi connectivity index (χ3n) is 3.79. The lowest BCUT2D eigenvalue weighted by atomic mass is 9.68. The van der Waals surface area contributed by atoms with Gasteiger partial charge in [0.2, 0.25) is 0 Å². The molecule has 3 heteroatoms. The molecule has 1 aromatic carbocycles. The van der Waals surface area contributed by atoms with E-state index in [-0.39, 0.29) is 11.2 Å². The second-order valence-corrected chi connectivity index (χ2v) is 6.46. The summed E-state index contributed by atoms with van der Waals surface area (Å²) in [6.07, 6.45) is 4.82. The number of nitrogens with zero attached hydrogens (tertiary/aromatic N) is 1. The van der Waals surface area contributed by atoms with Crippen LogP contribution >= 0.6 is 15.9 Å². The summed E-state index contributed by atoms with van der Waals surface area (Å²) in [6.45, 7) is 2.20. The van der Waals surface area contributed by atoms with Crippen molar-refractivity contribution in [2.24, 2.45) is 11.3 Å². The molecule has 1 aliphatic carbocycles. The van der Waals surface area contributed by atoms with Crippen LogP contribution in [0, 0.1) is 28.5 Å². The van der Waals surface area contributed by atoms with Crippen molar-refractivity contribution in [1.82, 2.24) is 0 Å². The summed E-state index contributed by atoms with van der Waals surface area (Å²) in [5, 5.41) is 9.50. The number of benzene rings is 1. The van der Waals surface area contributed by atoms with Crippen molar-refractivity contribution >= 4 is 15.9 Å². The molecule has 0 N–H and O–H groups in total. The normalized spacial score (nSPS) is 27.8. The van der Waals surface area contributed by atoms with Crippen molar-refractivity contribution in [3.8, 4) is 6.07 Å². The number of rotatable bonds is 2. The molecule has 1 nitrogen and oxygen atoms in total. The van der Waals surface area contributed by atoms with E-state index in [0.717, 1.165) is 29.3 Å². The van der Waals surface area contributed by atoms with Gasteiger partial charge in [0.25, 0.3) is 0 Å². The Morgan fingerprint density at radius 3 is 2.89 bits per heavy atom. The minimum absolute atomic E-state index is 0.240. The van der Waals surface area contributed by atoms with Crippen molar-refractivity contribution in [3.05, 3.63) is 34.1 Å². The zero-order valence-corrected chi connectivity index (χ0v) is 12.1. The highest BCUT2D eigenvalue weighted by Gasteiger charge is 2.35. The van der Waals surface area contributed by atoms with E-state index in [1.165, 1.54) is 12.5 Å². The van der Waals surface area contributed by atoms with Gasteiger partial charge < -0.3 is 0 Å². The molecule has 0 bridgehead atoms. The van der Waals surface area contributed by atoms with Crippen LogP contribution < -0.4 is 0 Å². The second-order valence-electron chi connectivity index (χ2n) is 5.55. The van der Waals surface area contributed by atoms with Gasteiger partial charge in [0, 0.05) is 4.47 Å². The minimum atomic E-state index is -0.301. The largest absolute Gasteiger partial charge is 0.207 e. The van der Waals surface area contributed by atoms with E-state index >= 15 is 0 Å². The molecular formula is C15H17BrFN. The summed E-state index contributed by atoms with van der Waals surface area (Å²) in [6, 6.07) is 7.41. The van der Waals surface area contributed by atoms with Gasteiger partial charge in [0.1, 0.15) is 5.82 Å². The van der Waals surface area contributed by atoms with E-state index < -0.39 is 0 Å². The van der Waals surface area contributed by atoms with Crippen LogP contribution in [-0.4, -0.2) is 0 Å². The van der Waals surface area contributed by atoms with Gasteiger partial charge in [-0.3, -0.25) is 0 Å². The van der Waals surface area contributed by atoms with Gasteiger partial charge in [-0.2, -0.15) is 5.26 Å². The number of halogens is 2. The molecule has 0 saturated heterocycles. The van der Waals surface area contributed by atoms with E-state index in [0.29, 0.717) is 12.3 Å². The Morgan fingerprint density at radius 2 is 2.28 bits per heavy atom. The molecule has 0 spiro atoms. The highest BCUT2D eigenvalue weighted by atomic mass is 79.9. The average molecular weight is 310 g/mol. The van der Waals surface area contributed by atoms with Crippen LogP contribution in [0.5, 0.6) is 0 Å². The van der Waals surface area contributed by atoms with Crippen LogP contribution in [0.4, 0.5) is 4.39 Å². The lowest BCUT2D eigenvalue weighted by Crippen LogP contribution is -2.28. The molecule has 1 fully saturated rings. The summed E-state index contributed by atoms with van der Waals surface area (Å²) >= 11 is 3.31. The first-order valence-electron chi connectivity index (χ1n) is 6.39. The third-order valence-corrected chi connectivity index (χ3v) is 4.25. The van der Waals surface area contributed by atoms with E-state index in [4.69, 9.17) is 0 Å². The van der Waals surface area contributed by atoms with Crippen molar-refractivity contribution < 1.29 is 4.39 Å².